The lowest BCUT2D eigenvalue weighted by molar-refractivity contribution is -0.384. The van der Waals surface area contributed by atoms with E-state index in [2.05, 4.69) is 5.32 Å². The number of carbonyl (C=O) groups excluding carboxylic acids is 1. The molecule has 154 valence electrons. The molecule has 1 saturated carbocycles. The fraction of sp³-hybridized carbons (Fsp3) is 0.632. The van der Waals surface area contributed by atoms with Crippen LogP contribution < -0.4 is 10.2 Å². The van der Waals surface area contributed by atoms with Crippen molar-refractivity contribution in [1.82, 2.24) is 5.32 Å². The summed E-state index contributed by atoms with van der Waals surface area (Å²) in [6.07, 6.45) is 1.88. The van der Waals surface area contributed by atoms with Gasteiger partial charge in [-0.2, -0.15) is 13.2 Å². The minimum Gasteiger partial charge on any atom is -0.366 e. The molecule has 1 aliphatic heterocycles. The number of anilines is 1. The van der Waals surface area contributed by atoms with Crippen LogP contribution in [0, 0.1) is 16.0 Å². The summed E-state index contributed by atoms with van der Waals surface area (Å²) < 4.78 is 38.6. The maximum absolute atomic E-state index is 12.9. The number of nitrogens with one attached hydrogen (secondary N) is 1. The number of carbonyl (C=O) groups is 1. The highest BCUT2D eigenvalue weighted by Crippen LogP contribution is 2.37. The Kier molecular flexibility index (Phi) is 6.10. The number of nitro benzene ring substituents is 1. The minimum absolute atomic E-state index is 0.0217. The third kappa shape index (κ3) is 4.74. The first-order valence-corrected chi connectivity index (χ1v) is 9.66. The zero-order chi connectivity index (χ0) is 20.3. The number of nitro groups is 1. The fourth-order valence-corrected chi connectivity index (χ4v) is 4.06. The van der Waals surface area contributed by atoms with Gasteiger partial charge in [0.2, 0.25) is 5.91 Å². The van der Waals surface area contributed by atoms with Crippen LogP contribution >= 0.6 is 0 Å². The van der Waals surface area contributed by atoms with Crippen LogP contribution in [-0.2, 0) is 11.0 Å². The molecule has 9 heteroatoms. The normalized spacial score (nSPS) is 19.5. The number of amides is 1. The Labute approximate surface area is 161 Å². The highest BCUT2D eigenvalue weighted by Gasteiger charge is 2.35. The van der Waals surface area contributed by atoms with Crippen LogP contribution in [0.2, 0.25) is 0 Å². The van der Waals surface area contributed by atoms with Gasteiger partial charge in [0.15, 0.2) is 0 Å². The van der Waals surface area contributed by atoms with Gasteiger partial charge in [0.25, 0.3) is 5.69 Å². The van der Waals surface area contributed by atoms with E-state index in [-0.39, 0.29) is 23.6 Å². The van der Waals surface area contributed by atoms with Gasteiger partial charge in [-0.1, -0.05) is 19.3 Å². The molecule has 1 aliphatic carbocycles. The van der Waals surface area contributed by atoms with Gasteiger partial charge < -0.3 is 10.2 Å². The van der Waals surface area contributed by atoms with Crippen molar-refractivity contribution in [2.45, 2.75) is 57.2 Å². The van der Waals surface area contributed by atoms with E-state index in [4.69, 9.17) is 0 Å². The fourth-order valence-electron chi connectivity index (χ4n) is 4.06. The molecule has 0 spiro atoms. The van der Waals surface area contributed by atoms with E-state index >= 15 is 0 Å². The summed E-state index contributed by atoms with van der Waals surface area (Å²) in [5.41, 5.74) is -1.42. The van der Waals surface area contributed by atoms with E-state index in [1.165, 1.54) is 6.42 Å². The van der Waals surface area contributed by atoms with Crippen LogP contribution in [0.5, 0.6) is 0 Å². The van der Waals surface area contributed by atoms with Gasteiger partial charge in [-0.3, -0.25) is 14.9 Å². The number of hydrogen-bond acceptors (Lipinski definition) is 4. The van der Waals surface area contributed by atoms with Crippen molar-refractivity contribution in [3.8, 4) is 0 Å². The van der Waals surface area contributed by atoms with Crippen molar-refractivity contribution in [3.63, 3.8) is 0 Å². The van der Waals surface area contributed by atoms with Crippen molar-refractivity contribution < 1.29 is 22.9 Å². The predicted octanol–water partition coefficient (Wildman–Crippen LogP) is 4.28. The Balaban J connectivity index is 1.64. The van der Waals surface area contributed by atoms with Gasteiger partial charge in [-0.05, 0) is 37.8 Å². The number of halogens is 3. The Bertz CT molecular complexity index is 725. The monoisotopic (exact) mass is 399 g/mol. The molecule has 0 atom stereocenters. The highest BCUT2D eigenvalue weighted by molar-refractivity contribution is 5.79. The zero-order valence-corrected chi connectivity index (χ0v) is 15.5. The van der Waals surface area contributed by atoms with Crippen LogP contribution in [0.15, 0.2) is 18.2 Å². The molecule has 2 fully saturated rings. The molecule has 0 unspecified atom stereocenters. The average molecular weight is 399 g/mol. The molecule has 1 N–H and O–H groups in total. The second-order valence-corrected chi connectivity index (χ2v) is 7.56. The van der Waals surface area contributed by atoms with E-state index in [9.17, 15) is 28.1 Å². The molecule has 2 aliphatic rings. The van der Waals surface area contributed by atoms with Crippen molar-refractivity contribution >= 4 is 17.3 Å². The van der Waals surface area contributed by atoms with E-state index in [1.807, 2.05) is 0 Å². The van der Waals surface area contributed by atoms with Gasteiger partial charge >= 0.3 is 6.18 Å². The van der Waals surface area contributed by atoms with Crippen LogP contribution in [0.3, 0.4) is 0 Å². The molecule has 1 aromatic rings. The SMILES string of the molecule is O=C(NC1CCCCC1)C1CCN(c2ccc(C(F)(F)F)cc2[N+](=O)[O-])CC1. The van der Waals surface area contributed by atoms with Gasteiger partial charge in [0.1, 0.15) is 5.69 Å². The summed E-state index contributed by atoms with van der Waals surface area (Å²) in [5, 5.41) is 14.4. The molecule has 3 rings (SSSR count). The lowest BCUT2D eigenvalue weighted by Crippen LogP contribution is -2.44. The molecule has 0 bridgehead atoms. The smallest absolute Gasteiger partial charge is 0.366 e. The quantitative estimate of drug-likeness (QED) is 0.606. The highest BCUT2D eigenvalue weighted by atomic mass is 19.4. The molecule has 0 aromatic heterocycles. The standard InChI is InChI=1S/C19H24F3N3O3/c20-19(21,22)14-6-7-16(17(12-14)25(27)28)24-10-8-13(9-11-24)18(26)23-15-4-2-1-3-5-15/h6-7,12-13,15H,1-5,8-11H2,(H,23,26). The molecule has 6 nitrogen and oxygen atoms in total. The zero-order valence-electron chi connectivity index (χ0n) is 15.5. The Morgan fingerprint density at radius 3 is 2.32 bits per heavy atom. The molecule has 1 heterocycles. The van der Waals surface area contributed by atoms with E-state index in [0.29, 0.717) is 32.0 Å². The van der Waals surface area contributed by atoms with Crippen molar-refractivity contribution in [1.29, 1.82) is 0 Å². The summed E-state index contributed by atoms with van der Waals surface area (Å²) >= 11 is 0. The molecular formula is C19H24F3N3O3. The maximum atomic E-state index is 12.9. The Morgan fingerprint density at radius 1 is 1.11 bits per heavy atom. The summed E-state index contributed by atoms with van der Waals surface area (Å²) in [5.74, 6) is -0.139. The minimum atomic E-state index is -4.63. The number of hydrogen-bond donors (Lipinski definition) is 1. The van der Waals surface area contributed by atoms with Gasteiger partial charge in [0, 0.05) is 31.1 Å². The van der Waals surface area contributed by atoms with E-state index < -0.39 is 22.4 Å². The Morgan fingerprint density at radius 2 is 1.75 bits per heavy atom. The lowest BCUT2D eigenvalue weighted by atomic mass is 9.92. The third-order valence-corrected chi connectivity index (χ3v) is 5.66. The molecule has 1 aromatic carbocycles. The summed E-state index contributed by atoms with van der Waals surface area (Å²) in [6, 6.07) is 2.83. The average Bonchev–Trinajstić information content (AvgIpc) is 2.67. The van der Waals surface area contributed by atoms with Crippen molar-refractivity contribution in [2.24, 2.45) is 5.92 Å². The maximum Gasteiger partial charge on any atom is 0.416 e. The van der Waals surface area contributed by atoms with E-state index in [0.717, 1.165) is 37.8 Å². The first-order valence-electron chi connectivity index (χ1n) is 9.66. The number of alkyl halides is 3. The number of piperidine rings is 1. The van der Waals surface area contributed by atoms with Crippen LogP contribution in [0.1, 0.15) is 50.5 Å². The topological polar surface area (TPSA) is 75.5 Å². The second-order valence-electron chi connectivity index (χ2n) is 7.56. The molecular weight excluding hydrogens is 375 g/mol. The lowest BCUT2D eigenvalue weighted by Gasteiger charge is -2.34. The summed E-state index contributed by atoms with van der Waals surface area (Å²) in [6.45, 7) is 0.796. The Hall–Kier alpha value is -2.32. The predicted molar refractivity (Wildman–Crippen MR) is 98.1 cm³/mol. The van der Waals surface area contributed by atoms with E-state index in [1.54, 1.807) is 4.90 Å². The number of nitrogens with zero attached hydrogens (tertiary/aromatic N) is 2. The van der Waals surface area contributed by atoms with Crippen LogP contribution in [-0.4, -0.2) is 30.0 Å². The van der Waals surface area contributed by atoms with Gasteiger partial charge in [-0.25, -0.2) is 0 Å². The summed E-state index contributed by atoms with van der Waals surface area (Å²) in [4.78, 5) is 24.7. The van der Waals surface area contributed by atoms with Crippen molar-refractivity contribution in [3.05, 3.63) is 33.9 Å². The molecule has 1 amide bonds. The molecule has 1 saturated heterocycles. The summed E-state index contributed by atoms with van der Waals surface area (Å²) in [7, 11) is 0. The first kappa shape index (κ1) is 20.4. The largest absolute Gasteiger partial charge is 0.416 e. The van der Waals surface area contributed by atoms with Crippen LogP contribution in [0.4, 0.5) is 24.5 Å². The second kappa shape index (κ2) is 8.36. The van der Waals surface area contributed by atoms with Gasteiger partial charge in [-0.15, -0.1) is 0 Å². The van der Waals surface area contributed by atoms with Crippen molar-refractivity contribution in [2.75, 3.05) is 18.0 Å². The van der Waals surface area contributed by atoms with Gasteiger partial charge in [0.05, 0.1) is 10.5 Å². The number of rotatable bonds is 4. The van der Waals surface area contributed by atoms with Crippen LogP contribution in [0.25, 0.3) is 0 Å². The first-order chi connectivity index (χ1) is 13.3. The third-order valence-electron chi connectivity index (χ3n) is 5.66. The molecule has 28 heavy (non-hydrogen) atoms. The molecule has 0 radical (unpaired) electrons. The number of benzene rings is 1.